The standard InChI is InChI=1S/C26H34N2O3/c1-5-6-7-10-15-27-26(29)17-21(19-13-14-24(30-3)25(16-19)31-4)22-18-28(2)23-12-9-8-11-20(22)23/h8-9,11-14,16,18,21H,5-7,10,15,17H2,1-4H3,(H,27,29). The predicted molar refractivity (Wildman–Crippen MR) is 126 cm³/mol. The highest BCUT2D eigenvalue weighted by Crippen LogP contribution is 2.38. The normalized spacial score (nSPS) is 12.0. The van der Waals surface area contributed by atoms with E-state index in [0.29, 0.717) is 17.9 Å². The van der Waals surface area contributed by atoms with Crippen molar-refractivity contribution in [1.29, 1.82) is 0 Å². The van der Waals surface area contributed by atoms with Crippen molar-refractivity contribution in [2.75, 3.05) is 20.8 Å². The maximum atomic E-state index is 12.9. The molecule has 5 nitrogen and oxygen atoms in total. The molecule has 0 saturated heterocycles. The summed E-state index contributed by atoms with van der Waals surface area (Å²) in [6.45, 7) is 2.92. The molecule has 0 fully saturated rings. The van der Waals surface area contributed by atoms with Crippen LogP contribution < -0.4 is 14.8 Å². The van der Waals surface area contributed by atoms with Crippen LogP contribution in [0, 0.1) is 0 Å². The summed E-state index contributed by atoms with van der Waals surface area (Å²) in [5.41, 5.74) is 3.34. The van der Waals surface area contributed by atoms with Crippen molar-refractivity contribution in [2.24, 2.45) is 7.05 Å². The Labute approximate surface area is 185 Å². The lowest BCUT2D eigenvalue weighted by Gasteiger charge is -2.19. The van der Waals surface area contributed by atoms with Crippen LogP contribution in [0.3, 0.4) is 0 Å². The van der Waals surface area contributed by atoms with E-state index in [1.54, 1.807) is 14.2 Å². The molecule has 0 aliphatic heterocycles. The number of fused-ring (bicyclic) bond motifs is 1. The molecular formula is C26H34N2O3. The predicted octanol–water partition coefficient (Wildman–Crippen LogP) is 5.41. The summed E-state index contributed by atoms with van der Waals surface area (Å²) >= 11 is 0. The van der Waals surface area contributed by atoms with E-state index >= 15 is 0 Å². The second-order valence-electron chi connectivity index (χ2n) is 7.99. The van der Waals surface area contributed by atoms with Crippen molar-refractivity contribution < 1.29 is 14.3 Å². The summed E-state index contributed by atoms with van der Waals surface area (Å²) in [6.07, 6.45) is 7.10. The van der Waals surface area contributed by atoms with Gasteiger partial charge in [0.1, 0.15) is 0 Å². The van der Waals surface area contributed by atoms with Crippen molar-refractivity contribution in [3.8, 4) is 11.5 Å². The van der Waals surface area contributed by atoms with Crippen molar-refractivity contribution in [3.05, 3.63) is 59.8 Å². The van der Waals surface area contributed by atoms with Gasteiger partial charge >= 0.3 is 0 Å². The minimum Gasteiger partial charge on any atom is -0.493 e. The summed E-state index contributed by atoms with van der Waals surface area (Å²) in [4.78, 5) is 12.9. The molecule has 3 aromatic rings. The molecule has 2 aromatic carbocycles. The van der Waals surface area contributed by atoms with E-state index in [2.05, 4.69) is 35.1 Å². The molecular weight excluding hydrogens is 388 g/mol. The highest BCUT2D eigenvalue weighted by atomic mass is 16.5. The number of para-hydroxylation sites is 1. The summed E-state index contributed by atoms with van der Waals surface area (Å²) in [7, 11) is 5.31. The van der Waals surface area contributed by atoms with Crippen molar-refractivity contribution in [1.82, 2.24) is 9.88 Å². The molecule has 31 heavy (non-hydrogen) atoms. The van der Waals surface area contributed by atoms with Gasteiger partial charge in [0.15, 0.2) is 11.5 Å². The third kappa shape index (κ3) is 5.40. The summed E-state index contributed by atoms with van der Waals surface area (Å²) in [5.74, 6) is 1.35. The summed E-state index contributed by atoms with van der Waals surface area (Å²) < 4.78 is 13.1. The fourth-order valence-electron chi connectivity index (χ4n) is 4.16. The van der Waals surface area contributed by atoms with Crippen LogP contribution in [0.4, 0.5) is 0 Å². The Morgan fingerprint density at radius 3 is 2.55 bits per heavy atom. The third-order valence-corrected chi connectivity index (χ3v) is 5.86. The van der Waals surface area contributed by atoms with E-state index in [0.717, 1.165) is 36.0 Å². The Kier molecular flexibility index (Phi) is 7.99. The van der Waals surface area contributed by atoms with Crippen molar-refractivity contribution >= 4 is 16.8 Å². The number of carbonyl (C=O) groups is 1. The van der Waals surface area contributed by atoms with E-state index in [1.807, 2.05) is 37.4 Å². The Hall–Kier alpha value is -2.95. The number of nitrogens with zero attached hydrogens (tertiary/aromatic N) is 1. The van der Waals surface area contributed by atoms with Crippen LogP contribution in [-0.2, 0) is 11.8 Å². The number of hydrogen-bond donors (Lipinski definition) is 1. The molecule has 0 aliphatic rings. The lowest BCUT2D eigenvalue weighted by atomic mass is 9.87. The molecule has 0 bridgehead atoms. The van der Waals surface area contributed by atoms with E-state index in [9.17, 15) is 4.79 Å². The first-order chi connectivity index (χ1) is 15.1. The number of benzene rings is 2. The highest BCUT2D eigenvalue weighted by molar-refractivity contribution is 5.86. The van der Waals surface area contributed by atoms with Crippen molar-refractivity contribution in [3.63, 3.8) is 0 Å². The number of nitrogens with one attached hydrogen (secondary N) is 1. The first kappa shape index (κ1) is 22.7. The number of amides is 1. The molecule has 0 aliphatic carbocycles. The number of methoxy groups -OCH3 is 2. The topological polar surface area (TPSA) is 52.5 Å². The van der Waals surface area contributed by atoms with E-state index in [-0.39, 0.29) is 11.8 Å². The largest absolute Gasteiger partial charge is 0.493 e. The molecule has 1 aromatic heterocycles. The van der Waals surface area contributed by atoms with Gasteiger partial charge in [-0.25, -0.2) is 0 Å². The average Bonchev–Trinajstić information content (AvgIpc) is 3.13. The highest BCUT2D eigenvalue weighted by Gasteiger charge is 2.23. The molecule has 166 valence electrons. The SMILES string of the molecule is CCCCCCNC(=O)CC(c1ccc(OC)c(OC)c1)c1cn(C)c2ccccc12. The van der Waals surface area contributed by atoms with E-state index in [4.69, 9.17) is 9.47 Å². The molecule has 3 rings (SSSR count). The zero-order valence-electron chi connectivity index (χ0n) is 19.1. The Morgan fingerprint density at radius 2 is 1.81 bits per heavy atom. The lowest BCUT2D eigenvalue weighted by Crippen LogP contribution is -2.26. The molecule has 0 spiro atoms. The Morgan fingerprint density at radius 1 is 1.03 bits per heavy atom. The lowest BCUT2D eigenvalue weighted by molar-refractivity contribution is -0.121. The van der Waals surface area contributed by atoms with Crippen LogP contribution in [0.2, 0.25) is 0 Å². The van der Waals surface area contributed by atoms with Gasteiger partial charge in [-0.15, -0.1) is 0 Å². The zero-order valence-corrected chi connectivity index (χ0v) is 19.1. The molecule has 1 heterocycles. The maximum absolute atomic E-state index is 12.9. The van der Waals surface area contributed by atoms with E-state index in [1.165, 1.54) is 18.2 Å². The van der Waals surface area contributed by atoms with Gasteiger partial charge in [-0.2, -0.15) is 0 Å². The minimum atomic E-state index is -0.0819. The molecule has 5 heteroatoms. The third-order valence-electron chi connectivity index (χ3n) is 5.86. The summed E-state index contributed by atoms with van der Waals surface area (Å²) in [5, 5.41) is 4.28. The second kappa shape index (κ2) is 10.9. The molecule has 1 N–H and O–H groups in total. The average molecular weight is 423 g/mol. The fourth-order valence-corrected chi connectivity index (χ4v) is 4.16. The van der Waals surface area contributed by atoms with Gasteiger partial charge in [0.05, 0.1) is 14.2 Å². The van der Waals surface area contributed by atoms with Crippen molar-refractivity contribution in [2.45, 2.75) is 44.9 Å². The number of unbranched alkanes of at least 4 members (excludes halogenated alkanes) is 3. The first-order valence-corrected chi connectivity index (χ1v) is 11.1. The second-order valence-corrected chi connectivity index (χ2v) is 7.99. The molecule has 1 atom stereocenters. The number of ether oxygens (including phenoxy) is 2. The van der Waals surface area contributed by atoms with Crippen LogP contribution in [0.25, 0.3) is 10.9 Å². The Bertz CT molecular complexity index is 1010. The number of hydrogen-bond acceptors (Lipinski definition) is 3. The van der Waals surface area contributed by atoms with Gasteiger partial charge in [-0.1, -0.05) is 50.5 Å². The minimum absolute atomic E-state index is 0.0733. The van der Waals surface area contributed by atoms with Gasteiger partial charge in [-0.05, 0) is 35.7 Å². The number of aromatic nitrogens is 1. The summed E-state index contributed by atoms with van der Waals surface area (Å²) in [6, 6.07) is 14.3. The fraction of sp³-hybridized carbons (Fsp3) is 0.423. The van der Waals surface area contributed by atoms with Gasteiger partial charge in [-0.3, -0.25) is 4.79 Å². The van der Waals surface area contributed by atoms with Gasteiger partial charge in [0.2, 0.25) is 5.91 Å². The molecule has 0 radical (unpaired) electrons. The number of aryl methyl sites for hydroxylation is 1. The number of rotatable bonds is 11. The zero-order chi connectivity index (χ0) is 22.2. The van der Waals surface area contributed by atoms with Gasteiger partial charge < -0.3 is 19.4 Å². The number of carbonyl (C=O) groups excluding carboxylic acids is 1. The van der Waals surface area contributed by atoms with Crippen LogP contribution in [-0.4, -0.2) is 31.2 Å². The smallest absolute Gasteiger partial charge is 0.220 e. The van der Waals surface area contributed by atoms with E-state index < -0.39 is 0 Å². The monoisotopic (exact) mass is 422 g/mol. The molecule has 1 amide bonds. The van der Waals surface area contributed by atoms with Crippen LogP contribution in [0.5, 0.6) is 11.5 Å². The maximum Gasteiger partial charge on any atom is 0.220 e. The van der Waals surface area contributed by atoms with Crippen LogP contribution >= 0.6 is 0 Å². The molecule has 1 unspecified atom stereocenters. The Balaban J connectivity index is 1.92. The quantitative estimate of drug-likeness (QED) is 0.420. The van der Waals surface area contributed by atoms with Gasteiger partial charge in [0, 0.05) is 43.0 Å². The van der Waals surface area contributed by atoms with Gasteiger partial charge in [0.25, 0.3) is 0 Å². The van der Waals surface area contributed by atoms with Crippen LogP contribution in [0.15, 0.2) is 48.7 Å². The van der Waals surface area contributed by atoms with Crippen LogP contribution in [0.1, 0.15) is 56.1 Å². The molecule has 0 saturated carbocycles. The first-order valence-electron chi connectivity index (χ1n) is 11.1.